The van der Waals surface area contributed by atoms with Crippen molar-refractivity contribution in [3.05, 3.63) is 65.5 Å². The van der Waals surface area contributed by atoms with Gasteiger partial charge in [0.15, 0.2) is 0 Å². The Labute approximate surface area is 126 Å². The molecule has 2 atom stereocenters. The average molecular weight is 337 g/mol. The van der Waals surface area contributed by atoms with Crippen molar-refractivity contribution in [3.63, 3.8) is 0 Å². The molecule has 3 heterocycles. The molecule has 1 radical (unpaired) electrons. The predicted octanol–water partition coefficient (Wildman–Crippen LogP) is 3.41. The summed E-state index contributed by atoms with van der Waals surface area (Å²) in [5.74, 6) is 0. The summed E-state index contributed by atoms with van der Waals surface area (Å²) in [6.07, 6.45) is 9.06. The van der Waals surface area contributed by atoms with Gasteiger partial charge in [-0.2, -0.15) is 36.4 Å². The first-order chi connectivity index (χ1) is 8.93. The Kier molecular flexibility index (Phi) is 5.18. The standard InChI is InChI=1S/C15H14N3.Ru/c1-3-10-16-12(6-1)14-8-5-9-15(18-14)13-7-2-4-11-17-13;/h1-4,6-7,14-15H,5,8-9H2;/q-3;+3. The van der Waals surface area contributed by atoms with Crippen molar-refractivity contribution in [2.24, 2.45) is 0 Å². The van der Waals surface area contributed by atoms with Crippen LogP contribution in [-0.4, -0.2) is 9.97 Å². The molecule has 0 amide bonds. The van der Waals surface area contributed by atoms with Gasteiger partial charge in [0, 0.05) is 0 Å². The average Bonchev–Trinajstić information content (AvgIpc) is 2.49. The van der Waals surface area contributed by atoms with Gasteiger partial charge in [-0.25, -0.2) is 0 Å². The summed E-state index contributed by atoms with van der Waals surface area (Å²) >= 11 is 0. The number of piperidine rings is 1. The smallest absolute Gasteiger partial charge is 0.667 e. The third kappa shape index (κ3) is 3.46. The maximum absolute atomic E-state index is 4.86. The van der Waals surface area contributed by atoms with E-state index in [-0.39, 0.29) is 31.6 Å². The van der Waals surface area contributed by atoms with Crippen molar-refractivity contribution in [3.8, 4) is 0 Å². The molecule has 1 saturated heterocycles. The fourth-order valence-electron chi connectivity index (χ4n) is 2.37. The molecule has 1 aliphatic heterocycles. The van der Waals surface area contributed by atoms with Crippen LogP contribution in [0.4, 0.5) is 0 Å². The number of nitrogens with zero attached hydrogens (tertiary/aromatic N) is 3. The topological polar surface area (TPSA) is 39.9 Å². The van der Waals surface area contributed by atoms with E-state index in [4.69, 9.17) is 5.32 Å². The summed E-state index contributed by atoms with van der Waals surface area (Å²) < 4.78 is 0. The van der Waals surface area contributed by atoms with Gasteiger partial charge >= 0.3 is 19.5 Å². The molecule has 3 nitrogen and oxygen atoms in total. The number of hydrogen-bond acceptors (Lipinski definition) is 2. The molecule has 97 valence electrons. The molecule has 1 fully saturated rings. The molecule has 0 bridgehead atoms. The van der Waals surface area contributed by atoms with Crippen LogP contribution in [0, 0.1) is 12.4 Å². The fourth-order valence-corrected chi connectivity index (χ4v) is 2.37. The summed E-state index contributed by atoms with van der Waals surface area (Å²) in [6.45, 7) is 0. The fraction of sp³-hybridized carbons (Fsp3) is 0.333. The van der Waals surface area contributed by atoms with E-state index in [9.17, 15) is 0 Å². The van der Waals surface area contributed by atoms with Crippen molar-refractivity contribution >= 4 is 0 Å². The third-order valence-electron chi connectivity index (χ3n) is 3.26. The maximum Gasteiger partial charge on any atom is 3.00 e. The monoisotopic (exact) mass is 338 g/mol. The van der Waals surface area contributed by atoms with Crippen molar-refractivity contribution in [1.29, 1.82) is 0 Å². The van der Waals surface area contributed by atoms with E-state index >= 15 is 0 Å². The number of hydrogen-bond donors (Lipinski definition) is 0. The number of aromatic nitrogens is 2. The van der Waals surface area contributed by atoms with Gasteiger partial charge in [-0.05, 0) is 0 Å². The van der Waals surface area contributed by atoms with Gasteiger partial charge in [0.05, 0.1) is 0 Å². The van der Waals surface area contributed by atoms with Crippen LogP contribution in [-0.2, 0) is 19.5 Å². The summed E-state index contributed by atoms with van der Waals surface area (Å²) in [7, 11) is 0. The zero-order valence-corrected chi connectivity index (χ0v) is 12.2. The maximum atomic E-state index is 4.86. The Morgan fingerprint density at radius 3 is 1.89 bits per heavy atom. The second-order valence-electron chi connectivity index (χ2n) is 4.49. The van der Waals surface area contributed by atoms with Gasteiger partial charge in [-0.15, -0.1) is 12.1 Å². The third-order valence-corrected chi connectivity index (χ3v) is 3.26. The Balaban J connectivity index is 0.00000133. The molecule has 3 rings (SSSR count). The van der Waals surface area contributed by atoms with Crippen LogP contribution in [0.2, 0.25) is 0 Å². The van der Waals surface area contributed by atoms with Crippen LogP contribution in [0.5, 0.6) is 0 Å². The van der Waals surface area contributed by atoms with E-state index in [0.29, 0.717) is 0 Å². The quantitative estimate of drug-likeness (QED) is 0.622. The summed E-state index contributed by atoms with van der Waals surface area (Å²) in [5, 5.41) is 4.86. The first kappa shape index (κ1) is 14.3. The minimum Gasteiger partial charge on any atom is -0.667 e. The van der Waals surface area contributed by atoms with Gasteiger partial charge < -0.3 is 15.3 Å². The molecule has 0 saturated carbocycles. The normalized spacial score (nSPS) is 22.5. The van der Waals surface area contributed by atoms with Crippen LogP contribution >= 0.6 is 0 Å². The van der Waals surface area contributed by atoms with Crippen LogP contribution in [0.15, 0.2) is 36.4 Å². The van der Waals surface area contributed by atoms with Crippen LogP contribution in [0.1, 0.15) is 42.7 Å². The SMILES string of the molecule is [Ru+3].[c-]1cccc(C2CCCC(c3ccc[c-]n3)[N-]2)n1. The molecule has 0 spiro atoms. The first-order valence-electron chi connectivity index (χ1n) is 6.29. The van der Waals surface area contributed by atoms with E-state index in [1.54, 1.807) is 0 Å². The Morgan fingerprint density at radius 2 is 1.47 bits per heavy atom. The summed E-state index contributed by atoms with van der Waals surface area (Å²) in [6, 6.07) is 12.0. The van der Waals surface area contributed by atoms with Crippen molar-refractivity contribution in [2.45, 2.75) is 31.3 Å². The van der Waals surface area contributed by atoms with E-state index in [1.165, 1.54) is 0 Å². The second-order valence-corrected chi connectivity index (χ2v) is 4.49. The molecule has 4 heteroatoms. The van der Waals surface area contributed by atoms with Gasteiger partial charge in [0.1, 0.15) is 0 Å². The van der Waals surface area contributed by atoms with E-state index < -0.39 is 0 Å². The molecule has 1 aliphatic rings. The number of pyridine rings is 2. The molecular weight excluding hydrogens is 323 g/mol. The molecule has 0 N–H and O–H groups in total. The molecule has 2 unspecified atom stereocenters. The van der Waals surface area contributed by atoms with Gasteiger partial charge in [0.25, 0.3) is 0 Å². The van der Waals surface area contributed by atoms with Crippen molar-refractivity contribution in [2.75, 3.05) is 0 Å². The van der Waals surface area contributed by atoms with E-state index in [0.717, 1.165) is 30.7 Å². The molecule has 0 aromatic carbocycles. The Morgan fingerprint density at radius 1 is 0.947 bits per heavy atom. The molecular formula is C15H14N3Ru. The molecule has 19 heavy (non-hydrogen) atoms. The first-order valence-corrected chi connectivity index (χ1v) is 6.29. The number of rotatable bonds is 2. The zero-order valence-electron chi connectivity index (χ0n) is 10.4. The Bertz CT molecular complexity index is 444. The van der Waals surface area contributed by atoms with Gasteiger partial charge in [0.2, 0.25) is 0 Å². The van der Waals surface area contributed by atoms with Gasteiger partial charge in [-0.3, -0.25) is 0 Å². The summed E-state index contributed by atoms with van der Waals surface area (Å²) in [4.78, 5) is 8.57. The predicted molar refractivity (Wildman–Crippen MR) is 68.8 cm³/mol. The largest absolute Gasteiger partial charge is 3.00 e. The van der Waals surface area contributed by atoms with Crippen LogP contribution < -0.4 is 0 Å². The zero-order chi connectivity index (χ0) is 12.2. The summed E-state index contributed by atoms with van der Waals surface area (Å²) in [5.41, 5.74) is 2.03. The minimum atomic E-state index is 0. The molecule has 0 aliphatic carbocycles. The van der Waals surface area contributed by atoms with Crippen LogP contribution in [0.25, 0.3) is 5.32 Å². The van der Waals surface area contributed by atoms with E-state index in [2.05, 4.69) is 22.4 Å². The second kappa shape index (κ2) is 6.88. The molecule has 2 aromatic rings. The van der Waals surface area contributed by atoms with Crippen molar-refractivity contribution < 1.29 is 19.5 Å². The molecule has 2 aromatic heterocycles. The Hall–Kier alpha value is -1.12. The van der Waals surface area contributed by atoms with Crippen molar-refractivity contribution in [1.82, 2.24) is 9.97 Å². The van der Waals surface area contributed by atoms with E-state index in [1.807, 2.05) is 36.4 Å². The van der Waals surface area contributed by atoms with Crippen LogP contribution in [0.3, 0.4) is 0 Å². The van der Waals surface area contributed by atoms with Gasteiger partial charge in [-0.1, -0.05) is 43.0 Å². The minimum absolute atomic E-state index is 0.